The number of nitrogens with two attached hydrogens (primary N) is 1. The van der Waals surface area contributed by atoms with E-state index in [0.29, 0.717) is 0 Å². The molecule has 2 N–H and O–H groups in total. The van der Waals surface area contributed by atoms with E-state index in [1.807, 2.05) is 12.1 Å². The van der Waals surface area contributed by atoms with Crippen LogP contribution >= 0.6 is 0 Å². The molecule has 13 heavy (non-hydrogen) atoms. The van der Waals surface area contributed by atoms with Gasteiger partial charge in [-0.1, -0.05) is 38.3 Å². The van der Waals surface area contributed by atoms with E-state index < -0.39 is 0 Å². The van der Waals surface area contributed by atoms with Crippen LogP contribution in [0.3, 0.4) is 0 Å². The lowest BCUT2D eigenvalue weighted by Gasteiger charge is -2.01. The summed E-state index contributed by atoms with van der Waals surface area (Å²) in [4.78, 5) is 0. The van der Waals surface area contributed by atoms with Crippen molar-refractivity contribution < 1.29 is 0 Å². The second-order valence-electron chi connectivity index (χ2n) is 3.55. The van der Waals surface area contributed by atoms with Crippen molar-refractivity contribution in [2.75, 3.05) is 5.73 Å². The van der Waals surface area contributed by atoms with E-state index in [-0.39, 0.29) is 0 Å². The molecule has 1 rings (SSSR count). The van der Waals surface area contributed by atoms with Gasteiger partial charge in [0.1, 0.15) is 0 Å². The lowest BCUT2D eigenvalue weighted by atomic mass is 10.1. The molecule has 0 aromatic heterocycles. The van der Waals surface area contributed by atoms with Crippen LogP contribution in [0.15, 0.2) is 24.3 Å². The van der Waals surface area contributed by atoms with Gasteiger partial charge in [-0.2, -0.15) is 0 Å². The highest BCUT2D eigenvalue weighted by atomic mass is 14.5. The molecular formula is C12H19N. The van der Waals surface area contributed by atoms with Crippen molar-refractivity contribution in [2.45, 2.75) is 39.0 Å². The first-order valence-corrected chi connectivity index (χ1v) is 5.17. The lowest BCUT2D eigenvalue weighted by Crippen LogP contribution is -1.88. The van der Waals surface area contributed by atoms with Gasteiger partial charge in [-0.25, -0.2) is 0 Å². The zero-order chi connectivity index (χ0) is 9.52. The van der Waals surface area contributed by atoms with Gasteiger partial charge >= 0.3 is 0 Å². The summed E-state index contributed by atoms with van der Waals surface area (Å²) in [6.07, 6.45) is 6.51. The minimum Gasteiger partial charge on any atom is -0.399 e. The van der Waals surface area contributed by atoms with Crippen molar-refractivity contribution in [3.8, 4) is 0 Å². The van der Waals surface area contributed by atoms with Crippen LogP contribution in [0.25, 0.3) is 0 Å². The average Bonchev–Trinajstić information content (AvgIpc) is 2.15. The van der Waals surface area contributed by atoms with Crippen LogP contribution in [-0.4, -0.2) is 0 Å². The van der Waals surface area contributed by atoms with Crippen molar-refractivity contribution >= 4 is 5.69 Å². The maximum absolute atomic E-state index is 5.60. The van der Waals surface area contributed by atoms with Crippen LogP contribution in [-0.2, 0) is 6.42 Å². The third kappa shape index (κ3) is 3.97. The molecule has 0 aliphatic carbocycles. The number of nitrogen functional groups attached to an aromatic ring is 1. The first-order valence-electron chi connectivity index (χ1n) is 5.17. The third-order valence-electron chi connectivity index (χ3n) is 2.30. The van der Waals surface area contributed by atoms with E-state index in [0.717, 1.165) is 5.69 Å². The quantitative estimate of drug-likeness (QED) is 0.541. The smallest absolute Gasteiger partial charge is 0.0314 e. The zero-order valence-electron chi connectivity index (χ0n) is 8.42. The fraction of sp³-hybridized carbons (Fsp3) is 0.500. The van der Waals surface area contributed by atoms with Gasteiger partial charge in [-0.15, -0.1) is 0 Å². The maximum atomic E-state index is 5.60. The van der Waals surface area contributed by atoms with Gasteiger partial charge in [0.05, 0.1) is 0 Å². The van der Waals surface area contributed by atoms with Crippen molar-refractivity contribution in [2.24, 2.45) is 0 Å². The SMILES string of the molecule is CCCCCCc1ccc(N)cc1. The molecule has 0 saturated heterocycles. The molecule has 0 heterocycles. The molecule has 72 valence electrons. The van der Waals surface area contributed by atoms with E-state index in [2.05, 4.69) is 19.1 Å². The Hall–Kier alpha value is -0.980. The van der Waals surface area contributed by atoms with Gasteiger partial charge < -0.3 is 5.73 Å². The summed E-state index contributed by atoms with van der Waals surface area (Å²) >= 11 is 0. The second kappa shape index (κ2) is 5.63. The van der Waals surface area contributed by atoms with Crippen LogP contribution in [0.5, 0.6) is 0 Å². The minimum atomic E-state index is 0.859. The van der Waals surface area contributed by atoms with Gasteiger partial charge in [-0.05, 0) is 30.5 Å². The Bertz CT molecular complexity index is 225. The standard InChI is InChI=1S/C12H19N/c1-2-3-4-5-6-11-7-9-12(13)10-8-11/h7-10H,2-6,13H2,1H3. The molecule has 0 radical (unpaired) electrons. The zero-order valence-corrected chi connectivity index (χ0v) is 8.42. The van der Waals surface area contributed by atoms with E-state index in [9.17, 15) is 0 Å². The van der Waals surface area contributed by atoms with E-state index in [1.165, 1.54) is 37.7 Å². The van der Waals surface area contributed by atoms with Crippen LogP contribution in [0, 0.1) is 0 Å². The number of anilines is 1. The van der Waals surface area contributed by atoms with Gasteiger partial charge in [0.25, 0.3) is 0 Å². The Labute approximate surface area is 81.0 Å². The molecule has 0 atom stereocenters. The molecule has 0 saturated carbocycles. The number of hydrogen-bond donors (Lipinski definition) is 1. The molecule has 0 bridgehead atoms. The summed E-state index contributed by atoms with van der Waals surface area (Å²) in [7, 11) is 0. The van der Waals surface area contributed by atoms with Crippen LogP contribution in [0.2, 0.25) is 0 Å². The summed E-state index contributed by atoms with van der Waals surface area (Å²) in [6.45, 7) is 2.24. The van der Waals surface area contributed by atoms with Crippen molar-refractivity contribution in [3.05, 3.63) is 29.8 Å². The Morgan fingerprint density at radius 2 is 1.69 bits per heavy atom. The van der Waals surface area contributed by atoms with Gasteiger partial charge in [-0.3, -0.25) is 0 Å². The van der Waals surface area contributed by atoms with Crippen molar-refractivity contribution in [1.82, 2.24) is 0 Å². The minimum absolute atomic E-state index is 0.859. The molecule has 1 aromatic rings. The Balaban J connectivity index is 2.25. The molecule has 0 unspecified atom stereocenters. The predicted octanol–water partition coefficient (Wildman–Crippen LogP) is 3.39. The molecular weight excluding hydrogens is 158 g/mol. The van der Waals surface area contributed by atoms with E-state index in [1.54, 1.807) is 0 Å². The number of hydrogen-bond acceptors (Lipinski definition) is 1. The molecule has 1 heteroatoms. The maximum Gasteiger partial charge on any atom is 0.0314 e. The van der Waals surface area contributed by atoms with Crippen molar-refractivity contribution in [3.63, 3.8) is 0 Å². The Morgan fingerprint density at radius 1 is 1.00 bits per heavy atom. The first kappa shape index (κ1) is 10.1. The van der Waals surface area contributed by atoms with Crippen LogP contribution in [0.4, 0.5) is 5.69 Å². The highest BCUT2D eigenvalue weighted by Crippen LogP contribution is 2.10. The van der Waals surface area contributed by atoms with Gasteiger partial charge in [0, 0.05) is 5.69 Å². The largest absolute Gasteiger partial charge is 0.399 e. The highest BCUT2D eigenvalue weighted by molar-refractivity contribution is 5.39. The van der Waals surface area contributed by atoms with Gasteiger partial charge in [0.2, 0.25) is 0 Å². The number of aryl methyl sites for hydroxylation is 1. The van der Waals surface area contributed by atoms with Crippen LogP contribution in [0.1, 0.15) is 38.2 Å². The Kier molecular flexibility index (Phi) is 4.37. The number of benzene rings is 1. The molecule has 1 nitrogen and oxygen atoms in total. The fourth-order valence-corrected chi connectivity index (χ4v) is 1.44. The summed E-state index contributed by atoms with van der Waals surface area (Å²) < 4.78 is 0. The molecule has 0 fully saturated rings. The average molecular weight is 177 g/mol. The topological polar surface area (TPSA) is 26.0 Å². The summed E-state index contributed by atoms with van der Waals surface area (Å²) in [6, 6.07) is 8.22. The third-order valence-corrected chi connectivity index (χ3v) is 2.30. The molecule has 0 aliphatic heterocycles. The summed E-state index contributed by atoms with van der Waals surface area (Å²) in [5, 5.41) is 0. The highest BCUT2D eigenvalue weighted by Gasteiger charge is 1.92. The number of rotatable bonds is 5. The molecule has 1 aromatic carbocycles. The van der Waals surface area contributed by atoms with Crippen LogP contribution < -0.4 is 5.73 Å². The van der Waals surface area contributed by atoms with E-state index >= 15 is 0 Å². The normalized spacial score (nSPS) is 10.2. The summed E-state index contributed by atoms with van der Waals surface area (Å²) in [5.74, 6) is 0. The molecule has 0 spiro atoms. The second-order valence-corrected chi connectivity index (χ2v) is 3.55. The van der Waals surface area contributed by atoms with E-state index in [4.69, 9.17) is 5.73 Å². The predicted molar refractivity (Wildman–Crippen MR) is 58.7 cm³/mol. The fourth-order valence-electron chi connectivity index (χ4n) is 1.44. The number of unbranched alkanes of at least 4 members (excludes halogenated alkanes) is 3. The monoisotopic (exact) mass is 177 g/mol. The molecule has 0 amide bonds. The summed E-state index contributed by atoms with van der Waals surface area (Å²) in [5.41, 5.74) is 7.87. The van der Waals surface area contributed by atoms with Gasteiger partial charge in [0.15, 0.2) is 0 Å². The van der Waals surface area contributed by atoms with Crippen molar-refractivity contribution in [1.29, 1.82) is 0 Å². The lowest BCUT2D eigenvalue weighted by molar-refractivity contribution is 0.667. The Morgan fingerprint density at radius 3 is 2.31 bits per heavy atom. The first-order chi connectivity index (χ1) is 6.33. The molecule has 0 aliphatic rings.